The minimum Gasteiger partial charge on any atom is -0.408 e. The predicted molar refractivity (Wildman–Crippen MR) is 108 cm³/mol. The third-order valence-electron chi connectivity index (χ3n) is 4.84. The molecule has 146 valence electrons. The lowest BCUT2D eigenvalue weighted by atomic mass is 10.2. The van der Waals surface area contributed by atoms with Crippen molar-refractivity contribution in [3.8, 4) is 11.3 Å². The second-order valence-electron chi connectivity index (χ2n) is 6.69. The Bertz CT molecular complexity index is 916. The van der Waals surface area contributed by atoms with Gasteiger partial charge in [-0.25, -0.2) is 4.98 Å². The van der Waals surface area contributed by atoms with E-state index in [1.807, 2.05) is 34.9 Å². The van der Waals surface area contributed by atoms with Crippen molar-refractivity contribution in [3.63, 3.8) is 0 Å². The van der Waals surface area contributed by atoms with Gasteiger partial charge < -0.3 is 14.2 Å². The average molecular weight is 398 g/mol. The zero-order valence-electron chi connectivity index (χ0n) is 15.9. The number of hydrogen-bond donors (Lipinski definition) is 0. The van der Waals surface area contributed by atoms with E-state index in [1.54, 1.807) is 11.3 Å². The third kappa shape index (κ3) is 4.22. The first-order chi connectivity index (χ1) is 13.7. The van der Waals surface area contributed by atoms with E-state index in [1.165, 1.54) is 0 Å². The Morgan fingerprint density at radius 2 is 1.93 bits per heavy atom. The monoisotopic (exact) mass is 397 g/mol. The molecule has 0 spiro atoms. The fourth-order valence-electron chi connectivity index (χ4n) is 3.20. The molecular weight excluding hydrogens is 374 g/mol. The molecular formula is C20H23N5O2S. The predicted octanol–water partition coefficient (Wildman–Crippen LogP) is 3.04. The molecule has 1 aliphatic heterocycles. The van der Waals surface area contributed by atoms with Gasteiger partial charge in [-0.1, -0.05) is 42.4 Å². The van der Waals surface area contributed by atoms with E-state index in [2.05, 4.69) is 32.7 Å². The highest BCUT2D eigenvalue weighted by Gasteiger charge is 2.24. The third-order valence-corrected chi connectivity index (χ3v) is 5.74. The lowest BCUT2D eigenvalue weighted by Crippen LogP contribution is -2.49. The highest BCUT2D eigenvalue weighted by Crippen LogP contribution is 2.22. The summed E-state index contributed by atoms with van der Waals surface area (Å²) in [6, 6.07) is 10.7. The first-order valence-corrected chi connectivity index (χ1v) is 10.5. The van der Waals surface area contributed by atoms with Gasteiger partial charge in [0.15, 0.2) is 0 Å². The molecule has 0 aliphatic carbocycles. The van der Waals surface area contributed by atoms with Crippen LogP contribution in [-0.4, -0.2) is 52.2 Å². The molecule has 1 fully saturated rings. The van der Waals surface area contributed by atoms with Crippen LogP contribution in [0.15, 0.2) is 40.1 Å². The molecule has 2 aromatic heterocycles. The largest absolute Gasteiger partial charge is 0.408 e. The molecule has 3 aromatic rings. The van der Waals surface area contributed by atoms with Crippen LogP contribution in [0.4, 0.5) is 6.01 Å². The molecule has 0 unspecified atom stereocenters. The molecule has 0 bridgehead atoms. The standard InChI is InChI=1S/C20H23N5O2S/c1-2-17-22-23-20(27-17)25-12-10-24(11-13-25)19(26)9-8-18-21-16(14-28-18)15-6-4-3-5-7-15/h3-7,14H,2,8-13H2,1H3. The number of aryl methyl sites for hydroxylation is 2. The summed E-state index contributed by atoms with van der Waals surface area (Å²) >= 11 is 1.62. The van der Waals surface area contributed by atoms with Crippen molar-refractivity contribution in [1.82, 2.24) is 20.1 Å². The molecule has 0 N–H and O–H groups in total. The summed E-state index contributed by atoms with van der Waals surface area (Å²) in [5, 5.41) is 11.2. The second-order valence-corrected chi connectivity index (χ2v) is 7.63. The summed E-state index contributed by atoms with van der Waals surface area (Å²) in [6.45, 7) is 4.77. The summed E-state index contributed by atoms with van der Waals surface area (Å²) in [4.78, 5) is 21.2. The van der Waals surface area contributed by atoms with E-state index in [9.17, 15) is 4.79 Å². The molecule has 0 radical (unpaired) electrons. The Labute approximate surface area is 168 Å². The Morgan fingerprint density at radius 3 is 2.64 bits per heavy atom. The van der Waals surface area contributed by atoms with Crippen molar-refractivity contribution >= 4 is 23.3 Å². The molecule has 0 atom stereocenters. The minimum atomic E-state index is 0.177. The molecule has 7 nitrogen and oxygen atoms in total. The number of nitrogens with zero attached hydrogens (tertiary/aromatic N) is 5. The number of piperazine rings is 1. The Balaban J connectivity index is 1.26. The van der Waals surface area contributed by atoms with E-state index in [0.29, 0.717) is 50.9 Å². The molecule has 1 aliphatic rings. The van der Waals surface area contributed by atoms with Crippen molar-refractivity contribution in [2.75, 3.05) is 31.1 Å². The van der Waals surface area contributed by atoms with E-state index in [0.717, 1.165) is 22.7 Å². The second kappa shape index (κ2) is 8.52. The Kier molecular flexibility index (Phi) is 5.66. The van der Waals surface area contributed by atoms with Gasteiger partial charge in [-0.15, -0.1) is 16.4 Å². The van der Waals surface area contributed by atoms with Crippen LogP contribution < -0.4 is 4.90 Å². The van der Waals surface area contributed by atoms with Crippen molar-refractivity contribution in [2.45, 2.75) is 26.2 Å². The number of rotatable bonds is 6. The lowest BCUT2D eigenvalue weighted by Gasteiger charge is -2.33. The normalized spacial score (nSPS) is 14.5. The highest BCUT2D eigenvalue weighted by atomic mass is 32.1. The molecule has 1 aromatic carbocycles. The number of benzene rings is 1. The fourth-order valence-corrected chi connectivity index (χ4v) is 4.01. The van der Waals surface area contributed by atoms with Crippen LogP contribution in [-0.2, 0) is 17.6 Å². The molecule has 1 saturated heterocycles. The van der Waals surface area contributed by atoms with Crippen LogP contribution in [0.5, 0.6) is 0 Å². The van der Waals surface area contributed by atoms with Gasteiger partial charge in [0.25, 0.3) is 0 Å². The van der Waals surface area contributed by atoms with Gasteiger partial charge in [0.2, 0.25) is 11.8 Å². The van der Waals surface area contributed by atoms with Gasteiger partial charge >= 0.3 is 6.01 Å². The van der Waals surface area contributed by atoms with Crippen molar-refractivity contribution < 1.29 is 9.21 Å². The summed E-state index contributed by atoms with van der Waals surface area (Å²) in [6.07, 6.45) is 1.90. The minimum absolute atomic E-state index is 0.177. The van der Waals surface area contributed by atoms with Gasteiger partial charge in [-0.05, 0) is 0 Å². The number of amides is 1. The zero-order valence-corrected chi connectivity index (χ0v) is 16.7. The summed E-state index contributed by atoms with van der Waals surface area (Å²) in [5.41, 5.74) is 2.09. The van der Waals surface area contributed by atoms with E-state index in [-0.39, 0.29) is 5.91 Å². The lowest BCUT2D eigenvalue weighted by molar-refractivity contribution is -0.131. The summed E-state index contributed by atoms with van der Waals surface area (Å²) in [5.74, 6) is 0.822. The van der Waals surface area contributed by atoms with Crippen LogP contribution in [0.25, 0.3) is 11.3 Å². The van der Waals surface area contributed by atoms with Crippen LogP contribution in [0.2, 0.25) is 0 Å². The van der Waals surface area contributed by atoms with Crippen LogP contribution in [0.3, 0.4) is 0 Å². The van der Waals surface area contributed by atoms with E-state index >= 15 is 0 Å². The maximum atomic E-state index is 12.6. The Morgan fingerprint density at radius 1 is 1.14 bits per heavy atom. The van der Waals surface area contributed by atoms with Crippen molar-refractivity contribution in [2.24, 2.45) is 0 Å². The highest BCUT2D eigenvalue weighted by molar-refractivity contribution is 7.09. The smallest absolute Gasteiger partial charge is 0.318 e. The number of thiazole rings is 1. The van der Waals surface area contributed by atoms with E-state index in [4.69, 9.17) is 4.42 Å². The number of carbonyl (C=O) groups is 1. The number of anilines is 1. The van der Waals surface area contributed by atoms with Gasteiger partial charge in [0.1, 0.15) is 0 Å². The van der Waals surface area contributed by atoms with E-state index < -0.39 is 0 Å². The van der Waals surface area contributed by atoms with Crippen molar-refractivity contribution in [1.29, 1.82) is 0 Å². The first kappa shape index (κ1) is 18.6. The number of hydrogen-bond acceptors (Lipinski definition) is 7. The number of aromatic nitrogens is 3. The molecule has 3 heterocycles. The molecule has 4 rings (SSSR count). The number of carbonyl (C=O) groups excluding carboxylic acids is 1. The Hall–Kier alpha value is -2.74. The maximum absolute atomic E-state index is 12.6. The first-order valence-electron chi connectivity index (χ1n) is 9.58. The van der Waals surface area contributed by atoms with Gasteiger partial charge in [0, 0.05) is 56.4 Å². The summed E-state index contributed by atoms with van der Waals surface area (Å²) < 4.78 is 5.61. The fraction of sp³-hybridized carbons (Fsp3) is 0.400. The maximum Gasteiger partial charge on any atom is 0.318 e. The molecule has 28 heavy (non-hydrogen) atoms. The van der Waals surface area contributed by atoms with Crippen LogP contribution >= 0.6 is 11.3 Å². The van der Waals surface area contributed by atoms with Crippen LogP contribution in [0.1, 0.15) is 24.2 Å². The van der Waals surface area contributed by atoms with Crippen molar-refractivity contribution in [3.05, 3.63) is 46.6 Å². The van der Waals surface area contributed by atoms with Gasteiger partial charge in [-0.2, -0.15) is 0 Å². The molecule has 1 amide bonds. The summed E-state index contributed by atoms with van der Waals surface area (Å²) in [7, 11) is 0. The topological polar surface area (TPSA) is 75.4 Å². The van der Waals surface area contributed by atoms with Gasteiger partial charge in [0.05, 0.1) is 10.7 Å². The molecule has 0 saturated carbocycles. The van der Waals surface area contributed by atoms with Crippen LogP contribution in [0, 0.1) is 0 Å². The SMILES string of the molecule is CCc1nnc(N2CCN(C(=O)CCc3nc(-c4ccccc4)cs3)CC2)o1. The zero-order chi connectivity index (χ0) is 19.3. The molecule has 8 heteroatoms. The quantitative estimate of drug-likeness (QED) is 0.636. The van der Waals surface area contributed by atoms with Gasteiger partial charge in [-0.3, -0.25) is 4.79 Å². The average Bonchev–Trinajstić information content (AvgIpc) is 3.42.